The number of carbonyl (C=O) groups excluding carboxylic acids is 1. The molecule has 0 unspecified atom stereocenters. The van der Waals surface area contributed by atoms with E-state index < -0.39 is 0 Å². The highest BCUT2D eigenvalue weighted by Gasteiger charge is 2.10. The third kappa shape index (κ3) is 2.02. The van der Waals surface area contributed by atoms with E-state index in [0.29, 0.717) is 5.00 Å². The lowest BCUT2D eigenvalue weighted by Crippen LogP contribution is -2.19. The maximum absolute atomic E-state index is 10.8. The van der Waals surface area contributed by atoms with Crippen molar-refractivity contribution >= 4 is 34.8 Å². The van der Waals surface area contributed by atoms with Gasteiger partial charge in [0.2, 0.25) is 0 Å². The summed E-state index contributed by atoms with van der Waals surface area (Å²) in [6, 6.07) is 0. The summed E-state index contributed by atoms with van der Waals surface area (Å²) >= 11 is 1.00. The summed E-state index contributed by atoms with van der Waals surface area (Å²) in [4.78, 5) is 10.8. The standard InChI is InChI=1S/C4H6N4OS.ClH/c1-6-4(9)2-3(5)10-8-7-2;/h5H2,1H3,(H,6,9);1H. The van der Waals surface area contributed by atoms with Gasteiger partial charge >= 0.3 is 0 Å². The summed E-state index contributed by atoms with van der Waals surface area (Å²) in [6.07, 6.45) is 0. The van der Waals surface area contributed by atoms with Crippen LogP contribution in [0.5, 0.6) is 0 Å². The molecule has 5 nitrogen and oxygen atoms in total. The molecule has 1 aromatic rings. The third-order valence-corrected chi connectivity index (χ3v) is 1.51. The van der Waals surface area contributed by atoms with Crippen LogP contribution in [0.3, 0.4) is 0 Å². The fraction of sp³-hybridized carbons (Fsp3) is 0.250. The second-order valence-corrected chi connectivity index (χ2v) is 2.35. The van der Waals surface area contributed by atoms with E-state index in [1.807, 2.05) is 0 Å². The molecule has 1 heterocycles. The molecule has 1 amide bonds. The van der Waals surface area contributed by atoms with Gasteiger partial charge in [0.05, 0.1) is 0 Å². The molecule has 0 saturated carbocycles. The Bertz CT molecular complexity index is 250. The molecule has 0 aliphatic carbocycles. The summed E-state index contributed by atoms with van der Waals surface area (Å²) in [5.74, 6) is -0.300. The lowest BCUT2D eigenvalue weighted by atomic mass is 10.4. The molecular weight excluding hydrogens is 188 g/mol. The number of nitrogens with zero attached hydrogens (tertiary/aromatic N) is 2. The Morgan fingerprint density at radius 1 is 1.73 bits per heavy atom. The van der Waals surface area contributed by atoms with Crippen LogP contribution in [0.4, 0.5) is 5.00 Å². The second-order valence-electron chi connectivity index (χ2n) is 1.56. The first kappa shape index (κ1) is 10.1. The summed E-state index contributed by atoms with van der Waals surface area (Å²) < 4.78 is 3.50. The topological polar surface area (TPSA) is 80.9 Å². The van der Waals surface area contributed by atoms with Gasteiger partial charge in [0.25, 0.3) is 5.91 Å². The van der Waals surface area contributed by atoms with Gasteiger partial charge in [0, 0.05) is 18.6 Å². The zero-order chi connectivity index (χ0) is 7.56. The van der Waals surface area contributed by atoms with Crippen LogP contribution in [0.25, 0.3) is 0 Å². The van der Waals surface area contributed by atoms with Crippen molar-refractivity contribution < 1.29 is 4.79 Å². The van der Waals surface area contributed by atoms with Crippen molar-refractivity contribution in [2.24, 2.45) is 0 Å². The molecule has 0 spiro atoms. The summed E-state index contributed by atoms with van der Waals surface area (Å²) in [5.41, 5.74) is 5.55. The van der Waals surface area contributed by atoms with Crippen LogP contribution in [0.1, 0.15) is 10.5 Å². The zero-order valence-electron chi connectivity index (χ0n) is 5.70. The van der Waals surface area contributed by atoms with Crippen LogP contribution in [0, 0.1) is 0 Å². The molecule has 0 fully saturated rings. The molecule has 0 atom stereocenters. The lowest BCUT2D eigenvalue weighted by molar-refractivity contribution is 0.0959. The van der Waals surface area contributed by atoms with E-state index in [1.165, 1.54) is 7.05 Å². The van der Waals surface area contributed by atoms with Crippen molar-refractivity contribution in [3.8, 4) is 0 Å². The van der Waals surface area contributed by atoms with E-state index in [2.05, 4.69) is 14.9 Å². The van der Waals surface area contributed by atoms with Crippen LogP contribution in [0.15, 0.2) is 0 Å². The minimum atomic E-state index is -0.300. The van der Waals surface area contributed by atoms with Crippen molar-refractivity contribution in [1.82, 2.24) is 14.9 Å². The molecule has 7 heteroatoms. The second kappa shape index (κ2) is 4.09. The fourth-order valence-electron chi connectivity index (χ4n) is 0.473. The largest absolute Gasteiger partial charge is 0.387 e. The maximum Gasteiger partial charge on any atom is 0.274 e. The predicted octanol–water partition coefficient (Wildman–Crippen LogP) is -0.0983. The van der Waals surface area contributed by atoms with Crippen LogP contribution in [-0.2, 0) is 0 Å². The molecule has 1 aromatic heterocycles. The molecule has 0 aliphatic heterocycles. The lowest BCUT2D eigenvalue weighted by Gasteiger charge is -1.91. The first-order valence-corrected chi connectivity index (χ1v) is 3.33. The average Bonchev–Trinajstić information content (AvgIpc) is 2.34. The minimum Gasteiger partial charge on any atom is -0.387 e. The number of amides is 1. The average molecular weight is 195 g/mol. The Hall–Kier alpha value is -0.880. The van der Waals surface area contributed by atoms with Gasteiger partial charge in [-0.05, 0) is 0 Å². The number of halogens is 1. The van der Waals surface area contributed by atoms with Gasteiger partial charge < -0.3 is 11.1 Å². The number of aromatic nitrogens is 2. The highest BCUT2D eigenvalue weighted by atomic mass is 35.5. The van der Waals surface area contributed by atoms with E-state index in [0.717, 1.165) is 11.5 Å². The van der Waals surface area contributed by atoms with Crippen LogP contribution < -0.4 is 11.1 Å². The molecule has 1 rings (SSSR count). The monoisotopic (exact) mass is 194 g/mol. The highest BCUT2D eigenvalue weighted by Crippen LogP contribution is 2.10. The number of nitrogens with two attached hydrogens (primary N) is 1. The molecular formula is C4H7ClN4OS. The van der Waals surface area contributed by atoms with Crippen molar-refractivity contribution in [2.45, 2.75) is 0 Å². The van der Waals surface area contributed by atoms with E-state index in [-0.39, 0.29) is 24.0 Å². The first-order chi connectivity index (χ1) is 4.75. The molecule has 0 radical (unpaired) electrons. The van der Waals surface area contributed by atoms with Crippen molar-refractivity contribution in [3.05, 3.63) is 5.69 Å². The van der Waals surface area contributed by atoms with Crippen molar-refractivity contribution in [3.63, 3.8) is 0 Å². The van der Waals surface area contributed by atoms with E-state index >= 15 is 0 Å². The summed E-state index contributed by atoms with van der Waals surface area (Å²) in [6.45, 7) is 0. The van der Waals surface area contributed by atoms with Crippen molar-refractivity contribution in [1.29, 1.82) is 0 Å². The van der Waals surface area contributed by atoms with E-state index in [1.54, 1.807) is 0 Å². The van der Waals surface area contributed by atoms with Gasteiger partial charge in [-0.25, -0.2) is 0 Å². The van der Waals surface area contributed by atoms with Crippen LogP contribution in [-0.4, -0.2) is 22.5 Å². The number of hydrogen-bond donors (Lipinski definition) is 2. The van der Waals surface area contributed by atoms with Gasteiger partial charge in [0.1, 0.15) is 5.00 Å². The Morgan fingerprint density at radius 2 is 2.36 bits per heavy atom. The third-order valence-electron chi connectivity index (χ3n) is 0.956. The van der Waals surface area contributed by atoms with E-state index in [9.17, 15) is 4.79 Å². The number of carbonyl (C=O) groups is 1. The van der Waals surface area contributed by atoms with Gasteiger partial charge in [-0.1, -0.05) is 4.49 Å². The quantitative estimate of drug-likeness (QED) is 0.655. The Kier molecular flexibility index (Phi) is 3.77. The number of anilines is 1. The number of nitrogen functional groups attached to an aromatic ring is 1. The summed E-state index contributed by atoms with van der Waals surface area (Å²) in [5, 5.41) is 6.26. The molecule has 0 saturated heterocycles. The predicted molar refractivity (Wildman–Crippen MR) is 45.0 cm³/mol. The Balaban J connectivity index is 0.000001000. The normalized spacial score (nSPS) is 8.45. The van der Waals surface area contributed by atoms with Gasteiger partial charge in [-0.15, -0.1) is 17.5 Å². The fourth-order valence-corrected chi connectivity index (χ4v) is 0.904. The smallest absolute Gasteiger partial charge is 0.274 e. The molecule has 11 heavy (non-hydrogen) atoms. The van der Waals surface area contributed by atoms with Gasteiger partial charge in [0.15, 0.2) is 5.69 Å². The molecule has 3 N–H and O–H groups in total. The Labute approximate surface area is 73.6 Å². The number of hydrogen-bond acceptors (Lipinski definition) is 5. The zero-order valence-corrected chi connectivity index (χ0v) is 7.33. The molecule has 0 bridgehead atoms. The molecule has 0 aliphatic rings. The number of nitrogens with one attached hydrogen (secondary N) is 1. The van der Waals surface area contributed by atoms with Crippen molar-refractivity contribution in [2.75, 3.05) is 12.8 Å². The van der Waals surface area contributed by atoms with Crippen LogP contribution >= 0.6 is 23.9 Å². The number of rotatable bonds is 1. The van der Waals surface area contributed by atoms with Gasteiger partial charge in [-0.3, -0.25) is 4.79 Å². The maximum atomic E-state index is 10.8. The summed E-state index contributed by atoms with van der Waals surface area (Å²) in [7, 11) is 1.52. The SMILES string of the molecule is CNC(=O)c1nnsc1N.Cl. The highest BCUT2D eigenvalue weighted by molar-refractivity contribution is 7.10. The van der Waals surface area contributed by atoms with Crippen LogP contribution in [0.2, 0.25) is 0 Å². The Morgan fingerprint density at radius 3 is 2.73 bits per heavy atom. The molecule has 0 aromatic carbocycles. The van der Waals surface area contributed by atoms with Gasteiger partial charge in [-0.2, -0.15) is 0 Å². The first-order valence-electron chi connectivity index (χ1n) is 2.55. The van der Waals surface area contributed by atoms with E-state index in [4.69, 9.17) is 5.73 Å². The minimum absolute atomic E-state index is 0. The molecule has 62 valence electrons.